The fourth-order valence-corrected chi connectivity index (χ4v) is 5.52. The molecular formula is C24H20ClFN4O6S2. The molecule has 0 bridgehead atoms. The second-order valence-corrected chi connectivity index (χ2v) is 11.8. The molecule has 1 heterocycles. The van der Waals surface area contributed by atoms with Crippen molar-refractivity contribution >= 4 is 54.8 Å². The minimum atomic E-state index is -4.12. The second kappa shape index (κ2) is 10.4. The lowest BCUT2D eigenvalue weighted by atomic mass is 10.2. The van der Waals surface area contributed by atoms with E-state index < -0.39 is 31.8 Å². The third kappa shape index (κ3) is 5.96. The van der Waals surface area contributed by atoms with Gasteiger partial charge in [-0.05, 0) is 80.6 Å². The number of amides is 1. The van der Waals surface area contributed by atoms with E-state index in [1.807, 2.05) is 0 Å². The first-order chi connectivity index (χ1) is 17.9. The Morgan fingerprint density at radius 2 is 1.42 bits per heavy atom. The van der Waals surface area contributed by atoms with Crippen LogP contribution in [0.4, 0.5) is 21.6 Å². The number of hydrogen-bond acceptors (Lipinski definition) is 7. The lowest BCUT2D eigenvalue weighted by Gasteiger charge is -2.12. The van der Waals surface area contributed by atoms with Crippen LogP contribution in [0, 0.1) is 19.7 Å². The van der Waals surface area contributed by atoms with Crippen LogP contribution in [0.15, 0.2) is 81.0 Å². The van der Waals surface area contributed by atoms with Gasteiger partial charge in [-0.3, -0.25) is 9.52 Å². The number of rotatable bonds is 8. The molecule has 0 fully saturated rings. The van der Waals surface area contributed by atoms with E-state index in [0.717, 1.165) is 18.2 Å². The molecule has 0 spiro atoms. The number of anilines is 3. The van der Waals surface area contributed by atoms with E-state index >= 15 is 0 Å². The van der Waals surface area contributed by atoms with E-state index in [4.69, 9.17) is 16.1 Å². The summed E-state index contributed by atoms with van der Waals surface area (Å²) >= 11 is 6.14. The molecule has 0 aliphatic heterocycles. The highest BCUT2D eigenvalue weighted by Crippen LogP contribution is 2.25. The van der Waals surface area contributed by atoms with Gasteiger partial charge in [0.05, 0.1) is 26.1 Å². The third-order valence-corrected chi connectivity index (χ3v) is 8.45. The summed E-state index contributed by atoms with van der Waals surface area (Å²) in [5, 5.41) is 6.25. The van der Waals surface area contributed by atoms with Gasteiger partial charge in [-0.25, -0.2) is 25.9 Å². The normalized spacial score (nSPS) is 11.7. The van der Waals surface area contributed by atoms with Gasteiger partial charge < -0.3 is 9.84 Å². The van der Waals surface area contributed by atoms with Crippen molar-refractivity contribution in [2.45, 2.75) is 23.6 Å². The van der Waals surface area contributed by atoms with Crippen molar-refractivity contribution in [1.29, 1.82) is 0 Å². The summed E-state index contributed by atoms with van der Waals surface area (Å²) in [5.41, 5.74) is 1.32. The maximum absolute atomic E-state index is 13.1. The first-order valence-electron chi connectivity index (χ1n) is 10.8. The summed E-state index contributed by atoms with van der Waals surface area (Å²) < 4.78 is 73.6. The zero-order valence-electron chi connectivity index (χ0n) is 19.8. The Morgan fingerprint density at radius 3 is 2.03 bits per heavy atom. The molecule has 4 aromatic rings. The van der Waals surface area contributed by atoms with Gasteiger partial charge in [-0.2, -0.15) is 0 Å². The van der Waals surface area contributed by atoms with Gasteiger partial charge >= 0.3 is 0 Å². The second-order valence-electron chi connectivity index (χ2n) is 8.06. The SMILES string of the molecule is Cc1noc(NS(=O)(=O)c2ccc(NC(=O)c3cc(S(=O)(=O)Nc4ccc(F)cc4)ccc3Cl)cc2)c1C. The maximum Gasteiger partial charge on any atom is 0.264 e. The van der Waals surface area contributed by atoms with Crippen molar-refractivity contribution in [2.75, 3.05) is 14.8 Å². The van der Waals surface area contributed by atoms with Crippen molar-refractivity contribution in [3.8, 4) is 0 Å². The third-order valence-electron chi connectivity index (χ3n) is 5.40. The Balaban J connectivity index is 1.50. The molecule has 0 radical (unpaired) electrons. The van der Waals surface area contributed by atoms with Gasteiger partial charge in [-0.15, -0.1) is 0 Å². The molecule has 0 saturated heterocycles. The molecule has 3 N–H and O–H groups in total. The molecule has 38 heavy (non-hydrogen) atoms. The molecule has 0 aliphatic rings. The van der Waals surface area contributed by atoms with Crippen LogP contribution in [0.5, 0.6) is 0 Å². The van der Waals surface area contributed by atoms with Crippen LogP contribution in [0.3, 0.4) is 0 Å². The Bertz CT molecular complexity index is 1720. The van der Waals surface area contributed by atoms with Crippen LogP contribution < -0.4 is 14.8 Å². The first kappa shape index (κ1) is 27.1. The Kier molecular flexibility index (Phi) is 7.44. The van der Waals surface area contributed by atoms with Crippen molar-refractivity contribution in [2.24, 2.45) is 0 Å². The van der Waals surface area contributed by atoms with Crippen molar-refractivity contribution < 1.29 is 30.5 Å². The highest BCUT2D eigenvalue weighted by atomic mass is 35.5. The fourth-order valence-electron chi connectivity index (χ4n) is 3.18. The number of carbonyl (C=O) groups excluding carboxylic acids is 1. The van der Waals surface area contributed by atoms with Crippen LogP contribution in [0.1, 0.15) is 21.6 Å². The number of nitrogens with zero attached hydrogens (tertiary/aromatic N) is 1. The molecule has 1 amide bonds. The number of hydrogen-bond donors (Lipinski definition) is 3. The van der Waals surface area contributed by atoms with Crippen LogP contribution in [0.25, 0.3) is 0 Å². The molecule has 4 rings (SSSR count). The zero-order chi connectivity index (χ0) is 27.7. The molecule has 3 aromatic carbocycles. The largest absolute Gasteiger partial charge is 0.337 e. The van der Waals surface area contributed by atoms with Gasteiger partial charge in [0.1, 0.15) is 5.82 Å². The van der Waals surface area contributed by atoms with E-state index in [-0.39, 0.29) is 37.6 Å². The van der Waals surface area contributed by atoms with Crippen LogP contribution in [-0.4, -0.2) is 27.9 Å². The molecule has 1 aromatic heterocycles. The minimum absolute atomic E-state index is 0.00160. The standard InChI is InChI=1S/C24H20ClFN4O6S2/c1-14-15(2)28-36-24(14)30-37(32,33)19-9-7-17(8-10-19)27-23(31)21-13-20(11-12-22(21)25)38(34,35)29-18-5-3-16(26)4-6-18/h3-13,29-30H,1-2H3,(H,27,31). The summed E-state index contributed by atoms with van der Waals surface area (Å²) in [6.45, 7) is 3.33. The van der Waals surface area contributed by atoms with Crippen molar-refractivity contribution in [3.63, 3.8) is 0 Å². The number of benzene rings is 3. The fraction of sp³-hybridized carbons (Fsp3) is 0.0833. The van der Waals surface area contributed by atoms with E-state index in [9.17, 15) is 26.0 Å². The van der Waals surface area contributed by atoms with Gasteiger partial charge in [-0.1, -0.05) is 16.8 Å². The molecule has 0 atom stereocenters. The van der Waals surface area contributed by atoms with E-state index in [2.05, 4.69) is 19.9 Å². The highest BCUT2D eigenvalue weighted by Gasteiger charge is 2.21. The minimum Gasteiger partial charge on any atom is -0.337 e. The topological polar surface area (TPSA) is 147 Å². The Labute approximate surface area is 222 Å². The summed E-state index contributed by atoms with van der Waals surface area (Å²) in [6, 6.07) is 13.5. The molecule has 10 nitrogen and oxygen atoms in total. The quantitative estimate of drug-likeness (QED) is 0.268. The molecule has 0 aliphatic carbocycles. The van der Waals surface area contributed by atoms with Crippen LogP contribution >= 0.6 is 11.6 Å². The zero-order valence-corrected chi connectivity index (χ0v) is 22.2. The number of nitrogens with one attached hydrogen (secondary N) is 3. The summed E-state index contributed by atoms with van der Waals surface area (Å²) in [7, 11) is -8.11. The molecule has 0 saturated carbocycles. The van der Waals surface area contributed by atoms with E-state index in [1.165, 1.54) is 48.5 Å². The van der Waals surface area contributed by atoms with Crippen LogP contribution in [0.2, 0.25) is 5.02 Å². The lowest BCUT2D eigenvalue weighted by molar-refractivity contribution is 0.102. The van der Waals surface area contributed by atoms with E-state index in [1.54, 1.807) is 13.8 Å². The molecule has 14 heteroatoms. The van der Waals surface area contributed by atoms with Crippen molar-refractivity contribution in [1.82, 2.24) is 5.16 Å². The van der Waals surface area contributed by atoms with Crippen LogP contribution in [-0.2, 0) is 20.0 Å². The van der Waals surface area contributed by atoms with Crippen molar-refractivity contribution in [3.05, 3.63) is 94.4 Å². The highest BCUT2D eigenvalue weighted by molar-refractivity contribution is 7.93. The van der Waals surface area contributed by atoms with Gasteiger partial charge in [0.15, 0.2) is 0 Å². The number of sulfonamides is 2. The summed E-state index contributed by atoms with van der Waals surface area (Å²) in [5.74, 6) is -1.26. The molecular weight excluding hydrogens is 559 g/mol. The number of halogens is 2. The lowest BCUT2D eigenvalue weighted by Crippen LogP contribution is -2.17. The smallest absolute Gasteiger partial charge is 0.264 e. The van der Waals surface area contributed by atoms with Gasteiger partial charge in [0, 0.05) is 16.9 Å². The predicted octanol–water partition coefficient (Wildman–Crippen LogP) is 4.94. The monoisotopic (exact) mass is 578 g/mol. The van der Waals surface area contributed by atoms with Gasteiger partial charge in [0.2, 0.25) is 5.88 Å². The Hall–Kier alpha value is -3.94. The number of carbonyl (C=O) groups is 1. The number of aromatic nitrogens is 1. The first-order valence-corrected chi connectivity index (χ1v) is 14.2. The molecule has 198 valence electrons. The summed E-state index contributed by atoms with van der Waals surface area (Å²) in [4.78, 5) is 12.5. The average Bonchev–Trinajstić information content (AvgIpc) is 3.17. The van der Waals surface area contributed by atoms with Gasteiger partial charge in [0.25, 0.3) is 26.0 Å². The predicted molar refractivity (Wildman–Crippen MR) is 140 cm³/mol. The Morgan fingerprint density at radius 1 is 0.842 bits per heavy atom. The maximum atomic E-state index is 13.1. The van der Waals surface area contributed by atoms with E-state index in [0.29, 0.717) is 11.3 Å². The average molecular weight is 579 g/mol. The molecule has 0 unspecified atom stereocenters. The summed E-state index contributed by atoms with van der Waals surface area (Å²) in [6.07, 6.45) is 0. The number of aryl methyl sites for hydroxylation is 1.